The minimum atomic E-state index is 0. The molecule has 0 unspecified atom stereocenters. The average molecular weight is 547 g/mol. The highest BCUT2D eigenvalue weighted by atomic mass is 127. The lowest BCUT2D eigenvalue weighted by atomic mass is 10.2. The molecular weight excluding hydrogens is 517 g/mol. The monoisotopic (exact) mass is 547 g/mol. The van der Waals surface area contributed by atoms with Crippen LogP contribution in [0.5, 0.6) is 11.5 Å². The van der Waals surface area contributed by atoms with Gasteiger partial charge in [0.15, 0.2) is 17.5 Å². The quantitative estimate of drug-likeness (QED) is 0.202. The van der Waals surface area contributed by atoms with Crippen molar-refractivity contribution in [2.24, 2.45) is 4.99 Å². The molecule has 1 aromatic carbocycles. The van der Waals surface area contributed by atoms with Gasteiger partial charge in [0.25, 0.3) is 0 Å². The predicted octanol–water partition coefficient (Wildman–Crippen LogP) is 4.14. The summed E-state index contributed by atoms with van der Waals surface area (Å²) < 4.78 is 22.0. The van der Waals surface area contributed by atoms with E-state index in [9.17, 15) is 0 Å². The van der Waals surface area contributed by atoms with Crippen molar-refractivity contribution < 1.29 is 18.9 Å². The van der Waals surface area contributed by atoms with E-state index < -0.39 is 0 Å². The molecule has 30 heavy (non-hydrogen) atoms. The first-order valence-corrected chi connectivity index (χ1v) is 10.8. The van der Waals surface area contributed by atoms with E-state index in [0.717, 1.165) is 42.5 Å². The Balaban J connectivity index is 0.00000320. The Kier molecular flexibility index (Phi) is 11.9. The minimum Gasteiger partial charge on any atom is -0.490 e. The summed E-state index contributed by atoms with van der Waals surface area (Å²) in [5.41, 5.74) is 2.10. The van der Waals surface area contributed by atoms with Crippen molar-refractivity contribution in [3.63, 3.8) is 0 Å². The van der Waals surface area contributed by atoms with Crippen molar-refractivity contribution in [3.8, 4) is 11.5 Å². The average Bonchev–Trinajstić information content (AvgIpc) is 3.15. The maximum atomic E-state index is 5.78. The number of thiophene rings is 1. The predicted molar refractivity (Wildman–Crippen MR) is 132 cm³/mol. The summed E-state index contributed by atoms with van der Waals surface area (Å²) in [6.45, 7) is 4.63. The second-order valence-corrected chi connectivity index (χ2v) is 7.30. The maximum absolute atomic E-state index is 5.78. The van der Waals surface area contributed by atoms with Gasteiger partial charge in [0.2, 0.25) is 0 Å². The van der Waals surface area contributed by atoms with Gasteiger partial charge in [0.05, 0.1) is 33.0 Å². The third-order valence-electron chi connectivity index (χ3n) is 4.20. The number of fused-ring (bicyclic) bond motifs is 1. The summed E-state index contributed by atoms with van der Waals surface area (Å²) >= 11 is 1.68. The molecule has 7 nitrogen and oxygen atoms in total. The van der Waals surface area contributed by atoms with Gasteiger partial charge in [-0.1, -0.05) is 0 Å². The highest BCUT2D eigenvalue weighted by Gasteiger charge is 2.11. The number of halogens is 1. The van der Waals surface area contributed by atoms with Crippen molar-refractivity contribution in [2.45, 2.75) is 19.4 Å². The Hall–Kier alpha value is -1.56. The topological polar surface area (TPSA) is 73.3 Å². The van der Waals surface area contributed by atoms with E-state index in [4.69, 9.17) is 23.9 Å². The molecule has 1 aromatic heterocycles. The summed E-state index contributed by atoms with van der Waals surface area (Å²) in [6, 6.07) is 7.95. The first kappa shape index (κ1) is 24.7. The van der Waals surface area contributed by atoms with Crippen molar-refractivity contribution in [2.75, 3.05) is 52.0 Å². The third kappa shape index (κ3) is 8.66. The van der Waals surface area contributed by atoms with E-state index >= 15 is 0 Å². The number of ether oxygens (including phenoxy) is 4. The van der Waals surface area contributed by atoms with E-state index in [0.29, 0.717) is 39.6 Å². The van der Waals surface area contributed by atoms with E-state index in [2.05, 4.69) is 27.5 Å². The highest BCUT2D eigenvalue weighted by Crippen LogP contribution is 2.32. The number of hydrogen-bond donors (Lipinski definition) is 2. The molecule has 166 valence electrons. The van der Waals surface area contributed by atoms with Crippen LogP contribution in [0.25, 0.3) is 0 Å². The molecule has 0 spiro atoms. The molecule has 0 fully saturated rings. The summed E-state index contributed by atoms with van der Waals surface area (Å²) in [5.74, 6) is 2.27. The fourth-order valence-corrected chi connectivity index (χ4v) is 3.36. The zero-order chi connectivity index (χ0) is 20.2. The lowest BCUT2D eigenvalue weighted by Gasteiger charge is -2.14. The Morgan fingerprint density at radius 2 is 2.00 bits per heavy atom. The molecule has 1 aliphatic heterocycles. The molecule has 0 aliphatic carbocycles. The Morgan fingerprint density at radius 3 is 2.80 bits per heavy atom. The van der Waals surface area contributed by atoms with Gasteiger partial charge in [0.1, 0.15) is 0 Å². The van der Waals surface area contributed by atoms with Crippen LogP contribution in [0.15, 0.2) is 40.0 Å². The highest BCUT2D eigenvalue weighted by molar-refractivity contribution is 14.0. The smallest absolute Gasteiger partial charge is 0.196 e. The van der Waals surface area contributed by atoms with Crippen LogP contribution in [0.4, 0.5) is 5.69 Å². The van der Waals surface area contributed by atoms with Crippen LogP contribution in [-0.2, 0) is 16.0 Å². The van der Waals surface area contributed by atoms with Gasteiger partial charge in [-0.2, -0.15) is 11.3 Å². The number of aliphatic imine (C=N–C) groups is 1. The number of rotatable bonds is 10. The van der Waals surface area contributed by atoms with Gasteiger partial charge in [-0.05, 0) is 40.9 Å². The van der Waals surface area contributed by atoms with Crippen LogP contribution in [0.3, 0.4) is 0 Å². The largest absolute Gasteiger partial charge is 0.490 e. The Labute approximate surface area is 199 Å². The van der Waals surface area contributed by atoms with Crippen LogP contribution in [0, 0.1) is 0 Å². The number of benzene rings is 1. The fourth-order valence-electron chi connectivity index (χ4n) is 2.70. The van der Waals surface area contributed by atoms with Crippen molar-refractivity contribution in [1.82, 2.24) is 5.32 Å². The molecule has 9 heteroatoms. The first-order chi connectivity index (χ1) is 14.3. The molecule has 1 aliphatic rings. The fraction of sp³-hybridized carbons (Fsp3) is 0.476. The molecule has 0 amide bonds. The summed E-state index contributed by atoms with van der Waals surface area (Å²) in [7, 11) is 1.67. The second kappa shape index (κ2) is 14.4. The molecule has 0 atom stereocenters. The molecule has 2 heterocycles. The van der Waals surface area contributed by atoms with Crippen LogP contribution in [0.2, 0.25) is 0 Å². The van der Waals surface area contributed by atoms with Crippen LogP contribution < -0.4 is 20.1 Å². The molecule has 2 aromatic rings. The van der Waals surface area contributed by atoms with Crippen molar-refractivity contribution >= 4 is 47.0 Å². The summed E-state index contributed by atoms with van der Waals surface area (Å²) in [5, 5.41) is 10.9. The van der Waals surface area contributed by atoms with E-state index in [1.807, 2.05) is 18.2 Å². The lowest BCUT2D eigenvalue weighted by molar-refractivity contribution is 0.0699. The molecule has 0 saturated carbocycles. The van der Waals surface area contributed by atoms with Crippen LogP contribution in [0.1, 0.15) is 18.4 Å². The molecule has 0 bridgehead atoms. The van der Waals surface area contributed by atoms with Gasteiger partial charge in [-0.15, -0.1) is 24.0 Å². The van der Waals surface area contributed by atoms with Gasteiger partial charge >= 0.3 is 0 Å². The molecular formula is C21H30IN3O4S. The Bertz CT molecular complexity index is 759. The number of hydrogen-bond acceptors (Lipinski definition) is 6. The van der Waals surface area contributed by atoms with Gasteiger partial charge in [-0.3, -0.25) is 0 Å². The number of nitrogens with zero attached hydrogens (tertiary/aromatic N) is 1. The lowest BCUT2D eigenvalue weighted by Crippen LogP contribution is -2.32. The minimum absolute atomic E-state index is 0. The van der Waals surface area contributed by atoms with E-state index in [1.165, 1.54) is 5.56 Å². The van der Waals surface area contributed by atoms with Crippen molar-refractivity contribution in [3.05, 3.63) is 40.6 Å². The van der Waals surface area contributed by atoms with Gasteiger partial charge in [0, 0.05) is 38.4 Å². The van der Waals surface area contributed by atoms with E-state index in [1.54, 1.807) is 18.4 Å². The van der Waals surface area contributed by atoms with Crippen molar-refractivity contribution in [1.29, 1.82) is 0 Å². The number of guanidine groups is 1. The number of methoxy groups -OCH3 is 1. The SMILES string of the molecule is COCCOCCCNC(=NCc1ccsc1)Nc1ccc2c(c1)OCCCO2.I. The van der Waals surface area contributed by atoms with Gasteiger partial charge < -0.3 is 29.6 Å². The summed E-state index contributed by atoms with van der Waals surface area (Å²) in [4.78, 5) is 4.71. The standard InChI is InChI=1S/C21H29N3O4S.HI/c1-25-11-12-26-8-2-7-22-21(23-15-17-6-13-29-16-17)24-18-4-5-19-20(14-18)28-10-3-9-27-19;/h4-6,13-14,16H,2-3,7-12,15H2,1H3,(H2,22,23,24);1H. The zero-order valence-corrected chi connectivity index (χ0v) is 20.4. The third-order valence-corrected chi connectivity index (χ3v) is 4.93. The Morgan fingerprint density at radius 1 is 1.13 bits per heavy atom. The molecule has 3 rings (SSSR count). The van der Waals surface area contributed by atoms with Gasteiger partial charge in [-0.25, -0.2) is 4.99 Å². The number of nitrogens with one attached hydrogen (secondary N) is 2. The maximum Gasteiger partial charge on any atom is 0.196 e. The van der Waals surface area contributed by atoms with Crippen LogP contribution in [-0.4, -0.2) is 52.6 Å². The molecule has 0 saturated heterocycles. The molecule has 2 N–H and O–H groups in total. The number of anilines is 1. The first-order valence-electron chi connectivity index (χ1n) is 9.88. The summed E-state index contributed by atoms with van der Waals surface area (Å²) in [6.07, 6.45) is 1.77. The molecule has 0 radical (unpaired) electrons. The van der Waals surface area contributed by atoms with Crippen LogP contribution >= 0.6 is 35.3 Å². The second-order valence-electron chi connectivity index (χ2n) is 6.52. The zero-order valence-electron chi connectivity index (χ0n) is 17.2. The normalized spacial score (nSPS) is 13.3. The van der Waals surface area contributed by atoms with E-state index in [-0.39, 0.29) is 24.0 Å².